The van der Waals surface area contributed by atoms with Crippen molar-refractivity contribution in [3.63, 3.8) is 0 Å². The standard InChI is InChI=1S/C16H30N6O5S/c17-16(18)22-6-1-3-11(8-22)7-12(10-23)19-14(24)9-21-5-2-4-13(15(21)25)20-28(26)27/h11-13,20,23H,1-10H2,(H3,17,18)(H,19,24)(H,26,27)/p-1/t11-,12-,13-/m0/s1. The summed E-state index contributed by atoms with van der Waals surface area (Å²) in [5.41, 5.74) is 5.54. The topological polar surface area (TPSA) is 175 Å². The molecule has 160 valence electrons. The number of carbonyl (C=O) groups is 2. The van der Waals surface area contributed by atoms with Crippen LogP contribution in [0.3, 0.4) is 0 Å². The lowest BCUT2D eigenvalue weighted by Crippen LogP contribution is -2.54. The van der Waals surface area contributed by atoms with Crippen LogP contribution < -0.4 is 15.8 Å². The second kappa shape index (κ2) is 10.7. The van der Waals surface area contributed by atoms with Crippen molar-refractivity contribution in [2.45, 2.75) is 44.2 Å². The summed E-state index contributed by atoms with van der Waals surface area (Å²) in [4.78, 5) is 27.7. The van der Waals surface area contributed by atoms with E-state index < -0.39 is 35.2 Å². The van der Waals surface area contributed by atoms with Crippen molar-refractivity contribution in [1.29, 1.82) is 5.41 Å². The first-order chi connectivity index (χ1) is 13.3. The maximum absolute atomic E-state index is 12.3. The minimum absolute atomic E-state index is 0.0278. The molecule has 0 saturated carbocycles. The van der Waals surface area contributed by atoms with E-state index >= 15 is 0 Å². The largest absolute Gasteiger partial charge is 0.760 e. The minimum atomic E-state index is -2.54. The summed E-state index contributed by atoms with van der Waals surface area (Å²) in [6.07, 6.45) is 3.38. The van der Waals surface area contributed by atoms with Crippen molar-refractivity contribution >= 4 is 29.0 Å². The lowest BCUT2D eigenvalue weighted by atomic mass is 9.91. The zero-order valence-electron chi connectivity index (χ0n) is 15.8. The minimum Gasteiger partial charge on any atom is -0.760 e. The van der Waals surface area contributed by atoms with Gasteiger partial charge < -0.3 is 30.5 Å². The van der Waals surface area contributed by atoms with Gasteiger partial charge in [0.2, 0.25) is 11.8 Å². The molecule has 0 aromatic heterocycles. The van der Waals surface area contributed by atoms with E-state index in [0.29, 0.717) is 32.4 Å². The number of hydrogen-bond donors (Lipinski definition) is 5. The number of aliphatic hydroxyl groups is 1. The molecule has 0 radical (unpaired) electrons. The van der Waals surface area contributed by atoms with Crippen molar-refractivity contribution in [3.8, 4) is 0 Å². The molecule has 2 fully saturated rings. The molecule has 6 N–H and O–H groups in total. The predicted molar refractivity (Wildman–Crippen MR) is 102 cm³/mol. The van der Waals surface area contributed by atoms with Crippen LogP contribution in [0.1, 0.15) is 32.1 Å². The fourth-order valence-electron chi connectivity index (χ4n) is 3.83. The average Bonchev–Trinajstić information content (AvgIpc) is 2.64. The Labute approximate surface area is 166 Å². The molecular formula is C16H29N6O5S-. The molecule has 2 amide bonds. The lowest BCUT2D eigenvalue weighted by Gasteiger charge is -2.35. The van der Waals surface area contributed by atoms with Crippen molar-refractivity contribution < 1.29 is 23.5 Å². The van der Waals surface area contributed by atoms with E-state index in [4.69, 9.17) is 11.1 Å². The van der Waals surface area contributed by atoms with E-state index in [9.17, 15) is 23.5 Å². The van der Waals surface area contributed by atoms with Gasteiger partial charge in [-0.05, 0) is 38.0 Å². The van der Waals surface area contributed by atoms with E-state index in [1.165, 1.54) is 4.90 Å². The molecule has 0 spiro atoms. The second-order valence-electron chi connectivity index (χ2n) is 7.33. The van der Waals surface area contributed by atoms with Gasteiger partial charge in [-0.2, -0.15) is 0 Å². The van der Waals surface area contributed by atoms with Gasteiger partial charge in [0.25, 0.3) is 0 Å². The predicted octanol–water partition coefficient (Wildman–Crippen LogP) is -2.17. The highest BCUT2D eigenvalue weighted by Gasteiger charge is 2.30. The van der Waals surface area contributed by atoms with Gasteiger partial charge in [0.1, 0.15) is 0 Å². The molecule has 0 aromatic rings. The summed E-state index contributed by atoms with van der Waals surface area (Å²) >= 11 is -2.54. The van der Waals surface area contributed by atoms with Crippen molar-refractivity contribution in [3.05, 3.63) is 0 Å². The Morgan fingerprint density at radius 2 is 2.11 bits per heavy atom. The number of nitrogens with two attached hydrogens (primary N) is 1. The summed E-state index contributed by atoms with van der Waals surface area (Å²) in [5.74, 6) is -0.585. The van der Waals surface area contributed by atoms with Crippen molar-refractivity contribution in [1.82, 2.24) is 19.8 Å². The molecule has 2 aliphatic rings. The van der Waals surface area contributed by atoms with E-state index in [1.54, 1.807) is 4.90 Å². The molecule has 1 unspecified atom stereocenters. The SMILES string of the molecule is N=C(N)N1CCC[C@@H](C[C@@H](CO)NC(=O)CN2CCC[C@H](NS(=O)[O-])C2=O)C1. The Morgan fingerprint density at radius 1 is 1.39 bits per heavy atom. The number of amides is 2. The van der Waals surface area contributed by atoms with Gasteiger partial charge in [0, 0.05) is 30.9 Å². The monoisotopic (exact) mass is 417 g/mol. The van der Waals surface area contributed by atoms with Crippen molar-refractivity contribution in [2.75, 3.05) is 32.8 Å². The highest BCUT2D eigenvalue weighted by atomic mass is 32.2. The fourth-order valence-corrected chi connectivity index (χ4v) is 4.28. The van der Waals surface area contributed by atoms with Crippen LogP contribution in [0.15, 0.2) is 0 Å². The number of hydrogen-bond acceptors (Lipinski definition) is 6. The highest BCUT2D eigenvalue weighted by Crippen LogP contribution is 2.21. The fraction of sp³-hybridized carbons (Fsp3) is 0.812. The maximum Gasteiger partial charge on any atom is 0.241 e. The van der Waals surface area contributed by atoms with Gasteiger partial charge >= 0.3 is 0 Å². The Bertz CT molecular complexity index is 606. The molecule has 2 aliphatic heterocycles. The van der Waals surface area contributed by atoms with E-state index in [-0.39, 0.29) is 25.0 Å². The third-order valence-corrected chi connectivity index (χ3v) is 5.64. The molecule has 2 heterocycles. The molecule has 11 nitrogen and oxygen atoms in total. The molecule has 28 heavy (non-hydrogen) atoms. The van der Waals surface area contributed by atoms with Gasteiger partial charge in [0.05, 0.1) is 25.2 Å². The molecule has 2 saturated heterocycles. The summed E-state index contributed by atoms with van der Waals surface area (Å²) in [5, 5.41) is 19.9. The molecular weight excluding hydrogens is 388 g/mol. The number of carbonyl (C=O) groups excluding carboxylic acids is 2. The van der Waals surface area contributed by atoms with Crippen LogP contribution in [0, 0.1) is 11.3 Å². The molecule has 0 bridgehead atoms. The van der Waals surface area contributed by atoms with E-state index in [2.05, 4.69) is 10.0 Å². The number of guanidine groups is 1. The van der Waals surface area contributed by atoms with Gasteiger partial charge in [-0.1, -0.05) is 0 Å². The van der Waals surface area contributed by atoms with Gasteiger partial charge in [-0.15, -0.1) is 0 Å². The van der Waals surface area contributed by atoms with Crippen LogP contribution in [0.2, 0.25) is 0 Å². The zero-order valence-corrected chi connectivity index (χ0v) is 16.6. The van der Waals surface area contributed by atoms with Crippen LogP contribution in [-0.2, 0) is 20.9 Å². The summed E-state index contributed by atoms with van der Waals surface area (Å²) in [6, 6.07) is -1.29. The quantitative estimate of drug-likeness (QED) is 0.170. The Hall–Kier alpha value is -1.76. The van der Waals surface area contributed by atoms with Gasteiger partial charge in [-0.3, -0.25) is 19.2 Å². The zero-order chi connectivity index (χ0) is 20.7. The van der Waals surface area contributed by atoms with Crippen LogP contribution in [0.5, 0.6) is 0 Å². The maximum atomic E-state index is 12.3. The number of nitrogens with zero attached hydrogens (tertiary/aromatic N) is 2. The second-order valence-corrected chi connectivity index (χ2v) is 8.03. The lowest BCUT2D eigenvalue weighted by molar-refractivity contribution is -0.139. The van der Waals surface area contributed by atoms with Crippen LogP contribution >= 0.6 is 0 Å². The Balaban J connectivity index is 1.83. The molecule has 4 atom stereocenters. The normalized spacial score (nSPS) is 25.3. The first kappa shape index (κ1) is 22.5. The van der Waals surface area contributed by atoms with E-state index in [1.807, 2.05) is 0 Å². The molecule has 12 heteroatoms. The Kier molecular flexibility index (Phi) is 8.60. The first-order valence-electron chi connectivity index (χ1n) is 9.43. The number of rotatable bonds is 8. The van der Waals surface area contributed by atoms with Crippen LogP contribution in [0.25, 0.3) is 0 Å². The Morgan fingerprint density at radius 3 is 2.75 bits per heavy atom. The highest BCUT2D eigenvalue weighted by molar-refractivity contribution is 7.77. The van der Waals surface area contributed by atoms with E-state index in [0.717, 1.165) is 19.4 Å². The third-order valence-electron chi connectivity index (χ3n) is 5.17. The van der Waals surface area contributed by atoms with Crippen molar-refractivity contribution in [2.24, 2.45) is 11.7 Å². The molecule has 0 aromatic carbocycles. The number of likely N-dealkylation sites (tertiary alicyclic amines) is 2. The van der Waals surface area contributed by atoms with Crippen LogP contribution in [0.4, 0.5) is 0 Å². The number of piperidine rings is 2. The third kappa shape index (κ3) is 6.69. The molecule has 0 aliphatic carbocycles. The number of nitrogens with one attached hydrogen (secondary N) is 3. The van der Waals surface area contributed by atoms with Gasteiger partial charge in [-0.25, -0.2) is 4.72 Å². The average molecular weight is 418 g/mol. The summed E-state index contributed by atoms with van der Waals surface area (Å²) < 4.78 is 23.7. The van der Waals surface area contributed by atoms with Crippen LogP contribution in [-0.4, -0.2) is 86.3 Å². The van der Waals surface area contributed by atoms with Gasteiger partial charge in [0.15, 0.2) is 5.96 Å². The smallest absolute Gasteiger partial charge is 0.241 e. The summed E-state index contributed by atoms with van der Waals surface area (Å²) in [7, 11) is 0. The molecule has 2 rings (SSSR count). The first-order valence-corrected chi connectivity index (χ1v) is 10.5. The summed E-state index contributed by atoms with van der Waals surface area (Å²) in [6.45, 7) is 1.34. The number of aliphatic hydroxyl groups excluding tert-OH is 1.